The Kier molecular flexibility index (Phi) is 4.62. The fourth-order valence-corrected chi connectivity index (χ4v) is 2.30. The minimum absolute atomic E-state index is 0.249. The first-order valence-corrected chi connectivity index (χ1v) is 6.79. The van der Waals surface area contributed by atoms with Crippen molar-refractivity contribution in [2.24, 2.45) is 0 Å². The van der Waals surface area contributed by atoms with Gasteiger partial charge in [0.1, 0.15) is 5.75 Å². The first-order valence-electron chi connectivity index (χ1n) is 6.79. The van der Waals surface area contributed by atoms with Crippen molar-refractivity contribution in [3.05, 3.63) is 29.8 Å². The molecule has 1 heterocycles. The van der Waals surface area contributed by atoms with Crippen molar-refractivity contribution in [1.29, 1.82) is 0 Å². The van der Waals surface area contributed by atoms with E-state index in [0.717, 1.165) is 37.2 Å². The van der Waals surface area contributed by atoms with Crippen LogP contribution in [0.4, 0.5) is 0 Å². The molecule has 0 aromatic heterocycles. The van der Waals surface area contributed by atoms with Crippen LogP contribution in [0.1, 0.15) is 31.7 Å². The van der Waals surface area contributed by atoms with Crippen LogP contribution in [0.5, 0.6) is 5.75 Å². The molecule has 0 aliphatic carbocycles. The first kappa shape index (κ1) is 12.9. The maximum absolute atomic E-state index is 12.1. The van der Waals surface area contributed by atoms with Crippen LogP contribution < -0.4 is 4.74 Å². The van der Waals surface area contributed by atoms with Gasteiger partial charge in [0.25, 0.3) is 0 Å². The van der Waals surface area contributed by atoms with E-state index < -0.39 is 0 Å². The van der Waals surface area contributed by atoms with Gasteiger partial charge in [-0.25, -0.2) is 0 Å². The summed E-state index contributed by atoms with van der Waals surface area (Å²) in [7, 11) is 0. The molecule has 1 aliphatic rings. The minimum atomic E-state index is 0.249. The highest BCUT2D eigenvalue weighted by Gasteiger charge is 2.16. The zero-order valence-electron chi connectivity index (χ0n) is 11.0. The maximum Gasteiger partial charge on any atom is 0.226 e. The van der Waals surface area contributed by atoms with Crippen LogP contribution in [0.15, 0.2) is 24.3 Å². The van der Waals surface area contributed by atoms with E-state index in [2.05, 4.69) is 0 Å². The van der Waals surface area contributed by atoms with Crippen molar-refractivity contribution < 1.29 is 9.53 Å². The number of carbonyl (C=O) groups is 1. The van der Waals surface area contributed by atoms with Crippen LogP contribution >= 0.6 is 0 Å². The molecule has 0 atom stereocenters. The Morgan fingerprint density at radius 2 is 1.83 bits per heavy atom. The lowest BCUT2D eigenvalue weighted by molar-refractivity contribution is -0.131. The Hall–Kier alpha value is -1.51. The van der Waals surface area contributed by atoms with Gasteiger partial charge < -0.3 is 9.64 Å². The number of nitrogens with zero attached hydrogens (tertiary/aromatic N) is 1. The summed E-state index contributed by atoms with van der Waals surface area (Å²) in [6.45, 7) is 4.49. The summed E-state index contributed by atoms with van der Waals surface area (Å²) < 4.78 is 5.39. The third kappa shape index (κ3) is 3.49. The Bertz CT molecular complexity index is 380. The summed E-state index contributed by atoms with van der Waals surface area (Å²) in [5.74, 6) is 1.12. The summed E-state index contributed by atoms with van der Waals surface area (Å²) in [5, 5.41) is 0. The number of piperidine rings is 1. The summed E-state index contributed by atoms with van der Waals surface area (Å²) in [4.78, 5) is 14.1. The van der Waals surface area contributed by atoms with Gasteiger partial charge >= 0.3 is 0 Å². The van der Waals surface area contributed by atoms with Crippen LogP contribution in [0.2, 0.25) is 0 Å². The topological polar surface area (TPSA) is 29.5 Å². The summed E-state index contributed by atoms with van der Waals surface area (Å²) >= 11 is 0. The molecule has 1 fully saturated rings. The number of hydrogen-bond donors (Lipinski definition) is 0. The summed E-state index contributed by atoms with van der Waals surface area (Å²) in [6, 6.07) is 7.82. The van der Waals surface area contributed by atoms with E-state index in [-0.39, 0.29) is 5.91 Å². The van der Waals surface area contributed by atoms with Crippen LogP contribution in [-0.2, 0) is 11.2 Å². The molecule has 2 rings (SSSR count). The van der Waals surface area contributed by atoms with E-state index in [4.69, 9.17) is 4.74 Å². The number of benzene rings is 1. The Morgan fingerprint density at radius 1 is 1.17 bits per heavy atom. The Morgan fingerprint density at radius 3 is 2.44 bits per heavy atom. The number of likely N-dealkylation sites (tertiary alicyclic amines) is 1. The average molecular weight is 247 g/mol. The molecule has 1 aromatic carbocycles. The van der Waals surface area contributed by atoms with Crippen molar-refractivity contribution in [2.75, 3.05) is 19.7 Å². The molecule has 0 unspecified atom stereocenters. The van der Waals surface area contributed by atoms with Crippen LogP contribution in [0.25, 0.3) is 0 Å². The zero-order chi connectivity index (χ0) is 12.8. The Labute approximate surface area is 109 Å². The number of carbonyl (C=O) groups excluding carboxylic acids is 1. The number of amides is 1. The second-order valence-electron chi connectivity index (χ2n) is 4.70. The number of ether oxygens (including phenoxy) is 1. The lowest BCUT2D eigenvalue weighted by Crippen LogP contribution is -2.36. The molecule has 1 amide bonds. The first-order chi connectivity index (χ1) is 8.79. The number of rotatable bonds is 4. The summed E-state index contributed by atoms with van der Waals surface area (Å²) in [6.07, 6.45) is 4.06. The molecule has 1 aliphatic heterocycles. The molecular formula is C15H21NO2. The lowest BCUT2D eigenvalue weighted by Gasteiger charge is -2.26. The molecule has 0 spiro atoms. The van der Waals surface area contributed by atoms with E-state index >= 15 is 0 Å². The Balaban J connectivity index is 1.89. The second-order valence-corrected chi connectivity index (χ2v) is 4.70. The van der Waals surface area contributed by atoms with Gasteiger partial charge in [0.05, 0.1) is 13.0 Å². The molecule has 3 nitrogen and oxygen atoms in total. The summed E-state index contributed by atoms with van der Waals surface area (Å²) in [5.41, 5.74) is 1.06. The minimum Gasteiger partial charge on any atom is -0.494 e. The van der Waals surface area contributed by atoms with Gasteiger partial charge in [-0.2, -0.15) is 0 Å². The van der Waals surface area contributed by atoms with Gasteiger partial charge in [-0.15, -0.1) is 0 Å². The SMILES string of the molecule is CCOc1ccc(CC(=O)N2CCCCC2)cc1. The molecule has 0 N–H and O–H groups in total. The van der Waals surface area contributed by atoms with E-state index in [9.17, 15) is 4.79 Å². The molecule has 0 bridgehead atoms. The quantitative estimate of drug-likeness (QED) is 0.818. The van der Waals surface area contributed by atoms with E-state index in [0.29, 0.717) is 13.0 Å². The molecule has 1 aromatic rings. The zero-order valence-corrected chi connectivity index (χ0v) is 11.0. The standard InChI is InChI=1S/C15H21NO2/c1-2-18-14-8-6-13(7-9-14)12-15(17)16-10-4-3-5-11-16/h6-9H,2-5,10-12H2,1H3. The van der Waals surface area contributed by atoms with Crippen molar-refractivity contribution in [3.63, 3.8) is 0 Å². The van der Waals surface area contributed by atoms with E-state index in [1.807, 2.05) is 36.1 Å². The van der Waals surface area contributed by atoms with Gasteiger partial charge in [-0.3, -0.25) is 4.79 Å². The van der Waals surface area contributed by atoms with Crippen molar-refractivity contribution in [2.45, 2.75) is 32.6 Å². The second kappa shape index (κ2) is 6.43. The highest BCUT2D eigenvalue weighted by molar-refractivity contribution is 5.78. The molecular weight excluding hydrogens is 226 g/mol. The van der Waals surface area contributed by atoms with Crippen LogP contribution in [0, 0.1) is 0 Å². The normalized spacial score (nSPS) is 15.5. The smallest absolute Gasteiger partial charge is 0.226 e. The van der Waals surface area contributed by atoms with Crippen molar-refractivity contribution >= 4 is 5.91 Å². The molecule has 98 valence electrons. The highest BCUT2D eigenvalue weighted by Crippen LogP contribution is 2.15. The molecule has 3 heteroatoms. The molecule has 0 radical (unpaired) electrons. The average Bonchev–Trinajstić information content (AvgIpc) is 2.42. The van der Waals surface area contributed by atoms with Gasteiger partial charge in [0.2, 0.25) is 5.91 Å². The van der Waals surface area contributed by atoms with Crippen molar-refractivity contribution in [1.82, 2.24) is 4.90 Å². The predicted octanol–water partition coefficient (Wildman–Crippen LogP) is 2.64. The van der Waals surface area contributed by atoms with Gasteiger partial charge in [-0.1, -0.05) is 12.1 Å². The molecule has 18 heavy (non-hydrogen) atoms. The monoisotopic (exact) mass is 247 g/mol. The third-order valence-corrected chi connectivity index (χ3v) is 3.30. The van der Waals surface area contributed by atoms with Gasteiger partial charge in [-0.05, 0) is 43.9 Å². The van der Waals surface area contributed by atoms with Crippen molar-refractivity contribution in [3.8, 4) is 5.75 Å². The van der Waals surface area contributed by atoms with E-state index in [1.54, 1.807) is 0 Å². The van der Waals surface area contributed by atoms with Gasteiger partial charge in [0, 0.05) is 13.1 Å². The third-order valence-electron chi connectivity index (χ3n) is 3.30. The molecule has 1 saturated heterocycles. The highest BCUT2D eigenvalue weighted by atomic mass is 16.5. The molecule has 0 saturated carbocycles. The fourth-order valence-electron chi connectivity index (χ4n) is 2.30. The largest absolute Gasteiger partial charge is 0.494 e. The number of hydrogen-bond acceptors (Lipinski definition) is 2. The van der Waals surface area contributed by atoms with E-state index in [1.165, 1.54) is 6.42 Å². The fraction of sp³-hybridized carbons (Fsp3) is 0.533. The maximum atomic E-state index is 12.1. The lowest BCUT2D eigenvalue weighted by atomic mass is 10.1. The van der Waals surface area contributed by atoms with Gasteiger partial charge in [0.15, 0.2) is 0 Å². The predicted molar refractivity (Wildman–Crippen MR) is 71.7 cm³/mol. The van der Waals surface area contributed by atoms with Crippen LogP contribution in [-0.4, -0.2) is 30.5 Å². The van der Waals surface area contributed by atoms with Crippen LogP contribution in [0.3, 0.4) is 0 Å².